The Morgan fingerprint density at radius 1 is 1.50 bits per heavy atom. The van der Waals surface area contributed by atoms with Crippen LogP contribution < -0.4 is 45.7 Å². The number of carboxylic acid groups (broad SMARTS) is 1. The van der Waals surface area contributed by atoms with E-state index < -0.39 is 34.9 Å². The summed E-state index contributed by atoms with van der Waals surface area (Å²) in [6, 6.07) is -0.996. The number of carbonyl (C=O) groups is 3. The van der Waals surface area contributed by atoms with Gasteiger partial charge in [0.1, 0.15) is 22.1 Å². The first-order valence-corrected chi connectivity index (χ1v) is 11.4. The van der Waals surface area contributed by atoms with Gasteiger partial charge in [0.05, 0.1) is 17.9 Å². The fourth-order valence-corrected chi connectivity index (χ4v) is 5.84. The number of H-pyrrole nitrogens is 1. The molecule has 0 bridgehead atoms. The quantitative estimate of drug-likeness (QED) is 0.0704. The Morgan fingerprint density at radius 2 is 2.28 bits per heavy atom. The van der Waals surface area contributed by atoms with Crippen molar-refractivity contribution in [2.45, 2.75) is 16.4 Å². The molecule has 1 saturated heterocycles. The summed E-state index contributed by atoms with van der Waals surface area (Å²) in [6.45, 7) is 0. The van der Waals surface area contributed by atoms with Gasteiger partial charge in [0.15, 0.2) is 10.8 Å². The number of oxime groups is 1. The minimum absolute atomic E-state index is 0. The summed E-state index contributed by atoms with van der Waals surface area (Å²) in [5.74, 6) is -2.32. The maximum Gasteiger partial charge on any atom is 1.00 e. The first-order valence-electron chi connectivity index (χ1n) is 8.51. The molecular formula is C15H13N8NaO5S3. The van der Waals surface area contributed by atoms with E-state index >= 15 is 0 Å². The van der Waals surface area contributed by atoms with Gasteiger partial charge >= 0.3 is 29.6 Å². The second-order valence-electron chi connectivity index (χ2n) is 6.22. The van der Waals surface area contributed by atoms with Crippen molar-refractivity contribution in [2.75, 3.05) is 17.2 Å². The largest absolute Gasteiger partial charge is 1.00 e. The van der Waals surface area contributed by atoms with Gasteiger partial charge in [-0.3, -0.25) is 14.5 Å². The van der Waals surface area contributed by atoms with Crippen molar-refractivity contribution >= 4 is 63.5 Å². The SMILES string of the molecule is Nc1nc(/C(=N/O)C(=O)NC2C(=O)N3C(C(=O)[O-])=C(CSc4cn[nH]n4)CS[C@H]23)cs1.[Na+]. The third-order valence-electron chi connectivity index (χ3n) is 4.39. The number of nitrogens with two attached hydrogens (primary N) is 1. The van der Waals surface area contributed by atoms with E-state index in [0.717, 1.165) is 16.2 Å². The maximum atomic E-state index is 12.7. The van der Waals surface area contributed by atoms with E-state index in [1.807, 2.05) is 0 Å². The standard InChI is InChI=1S/C15H14N8O5S3.Na/c16-15-18-6(4-31-15)8(21-28)11(24)19-9-12(25)23-10(14(26)27)5(3-30-13(9)23)2-29-7-1-17-22-20-7;/h1,4,9,13,28H,2-3H2,(H2,16,18)(H,19,24)(H,26,27)(H,17,20,22);/q;+1/p-1/b21-8-;/t9?,13-;/m1./s1. The number of nitrogens with zero attached hydrogens (tertiary/aromatic N) is 5. The maximum absolute atomic E-state index is 12.7. The summed E-state index contributed by atoms with van der Waals surface area (Å²) >= 11 is 3.62. The number of aromatic nitrogens is 4. The molecule has 0 radical (unpaired) electrons. The van der Waals surface area contributed by atoms with E-state index in [2.05, 4.69) is 30.9 Å². The second kappa shape index (κ2) is 10.2. The van der Waals surface area contributed by atoms with Gasteiger partial charge in [0, 0.05) is 16.9 Å². The molecule has 0 aliphatic carbocycles. The van der Waals surface area contributed by atoms with Crippen LogP contribution in [0, 0.1) is 0 Å². The van der Waals surface area contributed by atoms with Crippen LogP contribution >= 0.6 is 34.9 Å². The number of β-lactam (4-membered cyclic amide) rings is 1. The minimum atomic E-state index is -1.48. The minimum Gasteiger partial charge on any atom is -0.543 e. The number of rotatable bonds is 7. The average molecular weight is 505 g/mol. The Balaban J connectivity index is 0.00000289. The number of nitrogen functional groups attached to an aromatic ring is 1. The van der Waals surface area contributed by atoms with Crippen LogP contribution in [-0.4, -0.2) is 76.9 Å². The number of carboxylic acids is 1. The predicted octanol–water partition coefficient (Wildman–Crippen LogP) is -4.78. The number of carbonyl (C=O) groups excluding carboxylic acids is 3. The molecule has 2 aromatic rings. The van der Waals surface area contributed by atoms with E-state index in [1.54, 1.807) is 0 Å². The van der Waals surface area contributed by atoms with E-state index in [0.29, 0.717) is 16.4 Å². The molecule has 0 saturated carbocycles. The van der Waals surface area contributed by atoms with Crippen LogP contribution in [0.4, 0.5) is 5.13 Å². The smallest absolute Gasteiger partial charge is 0.543 e. The van der Waals surface area contributed by atoms with Crippen molar-refractivity contribution in [2.24, 2.45) is 5.16 Å². The third-order valence-corrected chi connectivity index (χ3v) is 7.39. The Morgan fingerprint density at radius 3 is 2.88 bits per heavy atom. The van der Waals surface area contributed by atoms with Crippen LogP contribution in [0.3, 0.4) is 0 Å². The van der Waals surface area contributed by atoms with Crippen molar-refractivity contribution in [1.29, 1.82) is 0 Å². The van der Waals surface area contributed by atoms with Gasteiger partial charge in [-0.25, -0.2) is 4.98 Å². The first kappa shape index (κ1) is 24.5. The third kappa shape index (κ3) is 4.65. The summed E-state index contributed by atoms with van der Waals surface area (Å²) < 4.78 is 0. The Kier molecular flexibility index (Phi) is 7.84. The van der Waals surface area contributed by atoms with Crippen LogP contribution in [0.5, 0.6) is 0 Å². The van der Waals surface area contributed by atoms with Crippen LogP contribution in [0.2, 0.25) is 0 Å². The monoisotopic (exact) mass is 504 g/mol. The van der Waals surface area contributed by atoms with Gasteiger partial charge in [-0.15, -0.1) is 28.2 Å². The van der Waals surface area contributed by atoms with Crippen LogP contribution in [0.15, 0.2) is 33.0 Å². The number of aromatic amines is 1. The Labute approximate surface area is 214 Å². The van der Waals surface area contributed by atoms with E-state index in [4.69, 9.17) is 5.73 Å². The molecule has 2 atom stereocenters. The van der Waals surface area contributed by atoms with Crippen LogP contribution in [0.25, 0.3) is 0 Å². The number of amides is 2. The molecule has 0 aromatic carbocycles. The van der Waals surface area contributed by atoms with Gasteiger partial charge in [-0.2, -0.15) is 10.3 Å². The topological polar surface area (TPSA) is 203 Å². The molecule has 4 rings (SSSR count). The van der Waals surface area contributed by atoms with Crippen molar-refractivity contribution in [1.82, 2.24) is 30.6 Å². The van der Waals surface area contributed by atoms with Crippen molar-refractivity contribution in [3.63, 3.8) is 0 Å². The number of hydrogen-bond acceptors (Lipinski definition) is 13. The van der Waals surface area contributed by atoms with Gasteiger partial charge in [0.25, 0.3) is 11.8 Å². The molecule has 17 heteroatoms. The summed E-state index contributed by atoms with van der Waals surface area (Å²) in [7, 11) is 0. The fourth-order valence-electron chi connectivity index (χ4n) is 3.02. The van der Waals surface area contributed by atoms with Gasteiger partial charge in [-0.1, -0.05) is 16.9 Å². The number of fused-ring (bicyclic) bond motifs is 1. The normalized spacial score (nSPS) is 20.3. The zero-order valence-corrected chi connectivity index (χ0v) is 20.8. The number of aliphatic carboxylic acids is 1. The molecule has 32 heavy (non-hydrogen) atoms. The number of nitrogens with one attached hydrogen (secondary N) is 2. The molecule has 1 fully saturated rings. The number of anilines is 1. The number of thiazole rings is 1. The zero-order chi connectivity index (χ0) is 22.1. The molecule has 2 aromatic heterocycles. The molecule has 162 valence electrons. The predicted molar refractivity (Wildman–Crippen MR) is 109 cm³/mol. The summed E-state index contributed by atoms with van der Waals surface area (Å²) in [5, 5.41) is 38.0. The van der Waals surface area contributed by atoms with E-state index in [1.165, 1.54) is 35.1 Å². The van der Waals surface area contributed by atoms with Gasteiger partial charge in [-0.05, 0) is 5.57 Å². The molecule has 2 aliphatic rings. The van der Waals surface area contributed by atoms with Gasteiger partial charge in [0.2, 0.25) is 0 Å². The average Bonchev–Trinajstić information content (AvgIpc) is 3.42. The van der Waals surface area contributed by atoms with E-state index in [-0.39, 0.29) is 51.8 Å². The Bertz CT molecular complexity index is 1100. The molecule has 2 aliphatic heterocycles. The van der Waals surface area contributed by atoms with Crippen molar-refractivity contribution in [3.05, 3.63) is 28.5 Å². The Hall–Kier alpha value is -2.11. The zero-order valence-electron chi connectivity index (χ0n) is 16.3. The number of hydrogen-bond donors (Lipinski definition) is 4. The van der Waals surface area contributed by atoms with Crippen molar-refractivity contribution in [3.8, 4) is 0 Å². The molecule has 0 spiro atoms. The first-order chi connectivity index (χ1) is 14.9. The van der Waals surface area contributed by atoms with Crippen LogP contribution in [0.1, 0.15) is 5.69 Å². The second-order valence-corrected chi connectivity index (χ2v) is 9.21. The molecule has 13 nitrogen and oxygen atoms in total. The fraction of sp³-hybridized carbons (Fsp3) is 0.267. The van der Waals surface area contributed by atoms with E-state index in [9.17, 15) is 24.7 Å². The summed E-state index contributed by atoms with van der Waals surface area (Å²) in [4.78, 5) is 41.9. The number of thioether (sulfide) groups is 2. The molecular weight excluding hydrogens is 491 g/mol. The molecule has 5 N–H and O–H groups in total. The van der Waals surface area contributed by atoms with Gasteiger partial charge < -0.3 is 26.2 Å². The van der Waals surface area contributed by atoms with Crippen molar-refractivity contribution < 1.29 is 54.3 Å². The summed E-state index contributed by atoms with van der Waals surface area (Å²) in [5.41, 5.74) is 5.48. The molecule has 4 heterocycles. The van der Waals surface area contributed by atoms with Crippen LogP contribution in [-0.2, 0) is 14.4 Å². The molecule has 1 unspecified atom stereocenters. The molecule has 2 amide bonds. The summed E-state index contributed by atoms with van der Waals surface area (Å²) in [6.07, 6.45) is 1.50.